The molecule has 1 rings (SSSR count). The van der Waals surface area contributed by atoms with Crippen LogP contribution in [0.2, 0.25) is 0 Å². The van der Waals surface area contributed by atoms with E-state index in [1.165, 1.54) is 39.3 Å². The van der Waals surface area contributed by atoms with Crippen molar-refractivity contribution >= 4 is 27.9 Å². The van der Waals surface area contributed by atoms with E-state index in [4.69, 9.17) is 4.74 Å². The van der Waals surface area contributed by atoms with Crippen LogP contribution in [-0.4, -0.2) is 58.4 Å². The van der Waals surface area contributed by atoms with Crippen molar-refractivity contribution < 1.29 is 27.5 Å². The molecule has 1 aromatic rings. The smallest absolute Gasteiger partial charge is 0.338 e. The molecule has 0 heterocycles. The minimum Gasteiger partial charge on any atom is -0.452 e. The molecule has 0 saturated heterocycles. The van der Waals surface area contributed by atoms with Crippen LogP contribution in [0, 0.1) is 6.92 Å². The number of esters is 1. The summed E-state index contributed by atoms with van der Waals surface area (Å²) in [5.74, 6) is -1.67. The average Bonchev–Trinajstić information content (AvgIpc) is 2.52. The Bertz CT molecular complexity index is 758. The first-order valence-electron chi connectivity index (χ1n) is 6.81. The number of sulfonamides is 1. The Hall–Kier alpha value is -2.46. The zero-order valence-electron chi connectivity index (χ0n) is 13.7. The molecule has 3 amide bonds. The van der Waals surface area contributed by atoms with Crippen LogP contribution in [0.25, 0.3) is 0 Å². The summed E-state index contributed by atoms with van der Waals surface area (Å²) in [4.78, 5) is 34.3. The summed E-state index contributed by atoms with van der Waals surface area (Å²) in [6.45, 7) is 0.934. The third kappa shape index (κ3) is 4.77. The molecule has 0 aliphatic rings. The largest absolute Gasteiger partial charge is 0.452 e. The van der Waals surface area contributed by atoms with E-state index in [1.54, 1.807) is 6.92 Å². The fourth-order valence-electron chi connectivity index (χ4n) is 1.63. The molecule has 2 N–H and O–H groups in total. The first kappa shape index (κ1) is 19.6. The monoisotopic (exact) mass is 357 g/mol. The fourth-order valence-corrected chi connectivity index (χ4v) is 2.55. The van der Waals surface area contributed by atoms with Gasteiger partial charge in [-0.2, -0.15) is 0 Å². The van der Waals surface area contributed by atoms with Gasteiger partial charge >= 0.3 is 12.0 Å². The number of carbonyl (C=O) groups is 3. The van der Waals surface area contributed by atoms with Crippen molar-refractivity contribution in [3.8, 4) is 0 Å². The van der Waals surface area contributed by atoms with Crippen LogP contribution in [0.4, 0.5) is 4.79 Å². The second-order valence-electron chi connectivity index (χ2n) is 4.97. The number of aryl methyl sites for hydroxylation is 1. The number of ether oxygens (including phenoxy) is 1. The van der Waals surface area contributed by atoms with Gasteiger partial charge in [-0.3, -0.25) is 10.1 Å². The summed E-state index contributed by atoms with van der Waals surface area (Å²) in [6.07, 6.45) is 0. The minimum atomic E-state index is -3.71. The van der Waals surface area contributed by atoms with Crippen LogP contribution < -0.4 is 10.6 Å². The van der Waals surface area contributed by atoms with Gasteiger partial charge in [-0.15, -0.1) is 0 Å². The molecule has 0 bridgehead atoms. The summed E-state index contributed by atoms with van der Waals surface area (Å²) >= 11 is 0. The van der Waals surface area contributed by atoms with Crippen LogP contribution in [-0.2, 0) is 19.6 Å². The van der Waals surface area contributed by atoms with Gasteiger partial charge in [0.15, 0.2) is 6.61 Å². The topological polar surface area (TPSA) is 122 Å². The number of urea groups is 1. The maximum Gasteiger partial charge on any atom is 0.338 e. The molecule has 0 fully saturated rings. The summed E-state index contributed by atoms with van der Waals surface area (Å²) in [7, 11) is 0.364. The van der Waals surface area contributed by atoms with E-state index in [2.05, 4.69) is 5.32 Å². The van der Waals surface area contributed by atoms with Gasteiger partial charge < -0.3 is 10.1 Å². The molecule has 0 unspecified atom stereocenters. The van der Waals surface area contributed by atoms with Crippen molar-refractivity contribution in [2.75, 3.05) is 27.7 Å². The lowest BCUT2D eigenvalue weighted by atomic mass is 10.1. The predicted molar refractivity (Wildman–Crippen MR) is 84.9 cm³/mol. The molecule has 0 atom stereocenters. The lowest BCUT2D eigenvalue weighted by Gasteiger charge is -2.13. The number of hydrogen-bond acceptors (Lipinski definition) is 6. The summed E-state index contributed by atoms with van der Waals surface area (Å²) < 4.78 is 30.0. The quantitative estimate of drug-likeness (QED) is 0.707. The third-order valence-electron chi connectivity index (χ3n) is 3.02. The van der Waals surface area contributed by atoms with E-state index in [0.717, 1.165) is 4.31 Å². The first-order chi connectivity index (χ1) is 11.1. The maximum absolute atomic E-state index is 12.1. The average molecular weight is 357 g/mol. The molecular weight excluding hydrogens is 338 g/mol. The maximum atomic E-state index is 12.1. The fraction of sp³-hybridized carbons (Fsp3) is 0.357. The van der Waals surface area contributed by atoms with E-state index in [0.29, 0.717) is 5.56 Å². The number of nitrogens with zero attached hydrogens (tertiary/aromatic N) is 1. The van der Waals surface area contributed by atoms with Crippen LogP contribution >= 0.6 is 0 Å². The van der Waals surface area contributed by atoms with Crippen LogP contribution in [0.3, 0.4) is 0 Å². The number of benzene rings is 1. The highest BCUT2D eigenvalue weighted by atomic mass is 32.2. The van der Waals surface area contributed by atoms with Crippen LogP contribution in [0.1, 0.15) is 15.9 Å². The second kappa shape index (κ2) is 7.88. The highest BCUT2D eigenvalue weighted by Crippen LogP contribution is 2.18. The summed E-state index contributed by atoms with van der Waals surface area (Å²) in [5, 5.41) is 4.11. The number of rotatable bonds is 5. The number of hydrogen-bond donors (Lipinski definition) is 2. The molecule has 0 aliphatic carbocycles. The van der Waals surface area contributed by atoms with Gasteiger partial charge in [0.05, 0.1) is 10.5 Å². The standard InChI is InChI=1S/C14H19N3O6S/c1-9-5-6-10(24(21,22)17(3)4)7-11(9)13(19)23-8-12(18)16-14(20)15-2/h5-7H,8H2,1-4H3,(H2,15,16,18,20). The van der Waals surface area contributed by atoms with Gasteiger partial charge in [0.2, 0.25) is 10.0 Å². The zero-order valence-corrected chi connectivity index (χ0v) is 14.6. The second-order valence-corrected chi connectivity index (χ2v) is 7.12. The van der Waals surface area contributed by atoms with Gasteiger partial charge in [-0.1, -0.05) is 6.07 Å². The number of carbonyl (C=O) groups excluding carboxylic acids is 3. The van der Waals surface area contributed by atoms with Crippen molar-refractivity contribution in [3.63, 3.8) is 0 Å². The normalized spacial score (nSPS) is 11.0. The lowest BCUT2D eigenvalue weighted by molar-refractivity contribution is -0.123. The van der Waals surface area contributed by atoms with Crippen LogP contribution in [0.15, 0.2) is 23.1 Å². The lowest BCUT2D eigenvalue weighted by Crippen LogP contribution is -2.39. The molecule has 0 saturated carbocycles. The highest BCUT2D eigenvalue weighted by molar-refractivity contribution is 7.89. The summed E-state index contributed by atoms with van der Waals surface area (Å²) in [6, 6.07) is 3.30. The van der Waals surface area contributed by atoms with Gasteiger partial charge in [0, 0.05) is 21.1 Å². The molecule has 0 radical (unpaired) electrons. The summed E-state index contributed by atoms with van der Waals surface area (Å²) in [5.41, 5.74) is 0.509. The molecule has 24 heavy (non-hydrogen) atoms. The third-order valence-corrected chi connectivity index (χ3v) is 4.83. The Labute approximate surface area is 140 Å². The highest BCUT2D eigenvalue weighted by Gasteiger charge is 2.21. The van der Waals surface area contributed by atoms with Gasteiger partial charge in [-0.05, 0) is 24.6 Å². The van der Waals surface area contributed by atoms with E-state index >= 15 is 0 Å². The Morgan fingerprint density at radius 2 is 1.83 bits per heavy atom. The zero-order chi connectivity index (χ0) is 18.5. The van der Waals surface area contributed by atoms with Gasteiger partial charge in [0.1, 0.15) is 0 Å². The van der Waals surface area contributed by atoms with E-state index < -0.39 is 34.5 Å². The molecule has 1 aromatic carbocycles. The number of amides is 3. The number of imide groups is 1. The molecule has 132 valence electrons. The Balaban J connectivity index is 2.92. The van der Waals surface area contributed by atoms with Crippen LogP contribution in [0.5, 0.6) is 0 Å². The van der Waals surface area contributed by atoms with Crippen molar-refractivity contribution in [2.24, 2.45) is 0 Å². The van der Waals surface area contributed by atoms with Crippen molar-refractivity contribution in [2.45, 2.75) is 11.8 Å². The molecule has 0 spiro atoms. The Kier molecular flexibility index (Phi) is 6.43. The van der Waals surface area contributed by atoms with Crippen molar-refractivity contribution in [3.05, 3.63) is 29.3 Å². The van der Waals surface area contributed by atoms with E-state index in [9.17, 15) is 22.8 Å². The van der Waals surface area contributed by atoms with Gasteiger partial charge in [0.25, 0.3) is 5.91 Å². The van der Waals surface area contributed by atoms with E-state index in [-0.39, 0.29) is 10.5 Å². The Morgan fingerprint density at radius 1 is 1.21 bits per heavy atom. The van der Waals surface area contributed by atoms with Crippen molar-refractivity contribution in [1.29, 1.82) is 0 Å². The minimum absolute atomic E-state index is 0.0191. The van der Waals surface area contributed by atoms with E-state index in [1.807, 2.05) is 5.32 Å². The van der Waals surface area contributed by atoms with Gasteiger partial charge in [-0.25, -0.2) is 22.3 Å². The van der Waals surface area contributed by atoms with Crippen molar-refractivity contribution in [1.82, 2.24) is 14.9 Å². The molecule has 10 heteroatoms. The molecular formula is C14H19N3O6S. The SMILES string of the molecule is CNC(=O)NC(=O)COC(=O)c1cc(S(=O)(=O)N(C)C)ccc1C. The molecule has 9 nitrogen and oxygen atoms in total. The molecule has 0 aromatic heterocycles. The molecule has 0 aliphatic heterocycles. The number of nitrogens with one attached hydrogen (secondary N) is 2. The predicted octanol–water partition coefficient (Wildman–Crippen LogP) is -0.142. The first-order valence-corrected chi connectivity index (χ1v) is 8.25. The Morgan fingerprint density at radius 3 is 2.38 bits per heavy atom.